The lowest BCUT2D eigenvalue weighted by Crippen LogP contribution is -2.41. The minimum atomic E-state index is 0.890. The van der Waals surface area contributed by atoms with Crippen LogP contribution in [-0.2, 0) is 0 Å². The maximum Gasteiger partial charge on any atom is 0.0782 e. The Morgan fingerprint density at radius 3 is 0.897 bits per heavy atom. The first-order chi connectivity index (χ1) is 13.8. The molecule has 0 heterocycles. The zero-order valence-electron chi connectivity index (χ0n) is 21.7. The van der Waals surface area contributed by atoms with E-state index in [1.54, 1.807) is 0 Å². The Morgan fingerprint density at radius 2 is 0.621 bits per heavy atom. The van der Waals surface area contributed by atoms with E-state index in [0.717, 1.165) is 11.8 Å². The molecule has 0 aliphatic carbocycles. The molecule has 0 aliphatic heterocycles. The van der Waals surface area contributed by atoms with Crippen molar-refractivity contribution in [3.05, 3.63) is 0 Å². The Morgan fingerprint density at radius 1 is 0.379 bits per heavy atom. The van der Waals surface area contributed by atoms with Crippen LogP contribution in [0.1, 0.15) is 143 Å². The van der Waals surface area contributed by atoms with Crippen molar-refractivity contribution in [3.8, 4) is 0 Å². The predicted octanol–water partition coefficient (Wildman–Crippen LogP) is 9.40. The molecule has 0 N–H and O–H groups in total. The van der Waals surface area contributed by atoms with Crippen LogP contribution in [-0.4, -0.2) is 31.7 Å². The van der Waals surface area contributed by atoms with E-state index in [1.165, 1.54) is 133 Å². The third-order valence-corrected chi connectivity index (χ3v) is 6.59. The van der Waals surface area contributed by atoms with Crippen LogP contribution < -0.4 is 0 Å². The molecule has 0 aromatic carbocycles. The lowest BCUT2D eigenvalue weighted by Gasteiger charge is -2.30. The highest BCUT2D eigenvalue weighted by Gasteiger charge is 2.13. The van der Waals surface area contributed by atoms with Crippen LogP contribution in [0.5, 0.6) is 0 Å². The Balaban J connectivity index is 3.34. The van der Waals surface area contributed by atoms with E-state index in [2.05, 4.69) is 41.8 Å². The molecular weight excluding hydrogens is 350 g/mol. The molecule has 1 heteroatoms. The van der Waals surface area contributed by atoms with Crippen molar-refractivity contribution in [2.24, 2.45) is 11.8 Å². The second-order valence-electron chi connectivity index (χ2n) is 11.4. The summed E-state index contributed by atoms with van der Waals surface area (Å²) in [5.41, 5.74) is 0. The highest BCUT2D eigenvalue weighted by atomic mass is 15.3. The zero-order valence-corrected chi connectivity index (χ0v) is 21.7. The van der Waals surface area contributed by atoms with Gasteiger partial charge < -0.3 is 4.48 Å². The summed E-state index contributed by atoms with van der Waals surface area (Å²) in [6.07, 6.45) is 26.1. The van der Waals surface area contributed by atoms with Crippen LogP contribution in [0.15, 0.2) is 0 Å². The van der Waals surface area contributed by atoms with Crippen molar-refractivity contribution in [1.82, 2.24) is 0 Å². The Kier molecular flexibility index (Phi) is 19.9. The Labute approximate surface area is 187 Å². The lowest BCUT2D eigenvalue weighted by molar-refractivity contribution is -0.890. The Hall–Kier alpha value is -0.0400. The molecule has 0 fully saturated rings. The topological polar surface area (TPSA) is 0 Å². The van der Waals surface area contributed by atoms with Crippen LogP contribution >= 0.6 is 0 Å². The van der Waals surface area contributed by atoms with Crippen molar-refractivity contribution in [3.63, 3.8) is 0 Å². The summed E-state index contributed by atoms with van der Waals surface area (Å²) >= 11 is 0. The third kappa shape index (κ3) is 24.1. The summed E-state index contributed by atoms with van der Waals surface area (Å²) in [5.74, 6) is 1.78. The molecule has 0 aromatic rings. The summed E-state index contributed by atoms with van der Waals surface area (Å²) in [4.78, 5) is 0. The molecular formula is C28H60N+. The van der Waals surface area contributed by atoms with Gasteiger partial charge in [-0.3, -0.25) is 0 Å². The highest BCUT2D eigenvalue weighted by molar-refractivity contribution is 4.51. The van der Waals surface area contributed by atoms with Gasteiger partial charge in [-0.2, -0.15) is 0 Å². The number of hydrogen-bond donors (Lipinski definition) is 0. The minimum absolute atomic E-state index is 0.890. The largest absolute Gasteiger partial charge is 0.328 e. The van der Waals surface area contributed by atoms with Crippen molar-refractivity contribution < 1.29 is 4.48 Å². The summed E-state index contributed by atoms with van der Waals surface area (Å²) in [6, 6.07) is 0. The van der Waals surface area contributed by atoms with Crippen LogP contribution in [0.3, 0.4) is 0 Å². The fourth-order valence-corrected chi connectivity index (χ4v) is 4.42. The summed E-state index contributed by atoms with van der Waals surface area (Å²) in [5, 5.41) is 0. The molecule has 0 saturated carbocycles. The summed E-state index contributed by atoms with van der Waals surface area (Å²) in [7, 11) is 4.90. The lowest BCUT2D eigenvalue weighted by atomic mass is 10.0. The summed E-state index contributed by atoms with van der Waals surface area (Å²) in [6.45, 7) is 12.1. The van der Waals surface area contributed by atoms with Gasteiger partial charge in [-0.1, -0.05) is 118 Å². The number of quaternary nitrogens is 1. The fraction of sp³-hybridized carbons (Fsp3) is 1.00. The van der Waals surface area contributed by atoms with Crippen LogP contribution in [0.25, 0.3) is 0 Å². The average molecular weight is 411 g/mol. The molecule has 0 saturated heterocycles. The van der Waals surface area contributed by atoms with Gasteiger partial charge in [0.25, 0.3) is 0 Å². The number of rotatable bonds is 22. The van der Waals surface area contributed by atoms with E-state index < -0.39 is 0 Å². The number of nitrogens with zero attached hydrogens (tertiary/aromatic N) is 1. The van der Waals surface area contributed by atoms with Crippen LogP contribution in [0.4, 0.5) is 0 Å². The van der Waals surface area contributed by atoms with Crippen molar-refractivity contribution >= 4 is 0 Å². The van der Waals surface area contributed by atoms with Crippen molar-refractivity contribution in [2.45, 2.75) is 143 Å². The second kappa shape index (κ2) is 19.9. The number of unbranched alkanes of at least 4 members (excludes halogenated alkanes) is 14. The van der Waals surface area contributed by atoms with Gasteiger partial charge in [-0.25, -0.2) is 0 Å². The van der Waals surface area contributed by atoms with E-state index in [4.69, 9.17) is 0 Å². The molecule has 0 aromatic heterocycles. The SMILES string of the molecule is CC(C)CCCCCCCCCC[N+](C)(C)CCCCCCCCCCC(C)C. The zero-order chi connectivity index (χ0) is 21.8. The monoisotopic (exact) mass is 410 g/mol. The molecule has 176 valence electrons. The molecule has 0 amide bonds. The smallest absolute Gasteiger partial charge is 0.0782 e. The molecule has 0 spiro atoms. The van der Waals surface area contributed by atoms with Gasteiger partial charge >= 0.3 is 0 Å². The van der Waals surface area contributed by atoms with Gasteiger partial charge in [0, 0.05) is 0 Å². The van der Waals surface area contributed by atoms with E-state index >= 15 is 0 Å². The Bertz CT molecular complexity index is 288. The van der Waals surface area contributed by atoms with E-state index in [-0.39, 0.29) is 0 Å². The molecule has 0 unspecified atom stereocenters. The maximum atomic E-state index is 2.45. The van der Waals surface area contributed by atoms with Gasteiger partial charge in [0.05, 0.1) is 27.2 Å². The average Bonchev–Trinajstić information content (AvgIpc) is 2.64. The quantitative estimate of drug-likeness (QED) is 0.123. The minimum Gasteiger partial charge on any atom is -0.328 e. The van der Waals surface area contributed by atoms with Gasteiger partial charge in [0.1, 0.15) is 0 Å². The molecule has 0 atom stereocenters. The predicted molar refractivity (Wildman–Crippen MR) is 135 cm³/mol. The second-order valence-corrected chi connectivity index (χ2v) is 11.4. The van der Waals surface area contributed by atoms with E-state index in [0.29, 0.717) is 0 Å². The molecule has 0 bridgehead atoms. The normalized spacial score (nSPS) is 12.4. The summed E-state index contributed by atoms with van der Waals surface area (Å²) < 4.78 is 1.24. The molecule has 0 radical (unpaired) electrons. The van der Waals surface area contributed by atoms with Crippen LogP contribution in [0, 0.1) is 11.8 Å². The molecule has 0 rings (SSSR count). The molecule has 0 aliphatic rings. The maximum absolute atomic E-state index is 2.45. The number of hydrogen-bond acceptors (Lipinski definition) is 0. The van der Waals surface area contributed by atoms with Crippen LogP contribution in [0.2, 0.25) is 0 Å². The van der Waals surface area contributed by atoms with E-state index in [1.807, 2.05) is 0 Å². The van der Waals surface area contributed by atoms with Gasteiger partial charge in [0.2, 0.25) is 0 Å². The fourth-order valence-electron chi connectivity index (χ4n) is 4.42. The first kappa shape index (κ1) is 29.0. The van der Waals surface area contributed by atoms with Gasteiger partial charge in [-0.15, -0.1) is 0 Å². The van der Waals surface area contributed by atoms with Gasteiger partial charge in [-0.05, 0) is 37.5 Å². The first-order valence-corrected chi connectivity index (χ1v) is 13.7. The molecule has 29 heavy (non-hydrogen) atoms. The first-order valence-electron chi connectivity index (χ1n) is 13.7. The standard InChI is InChI=1S/C28H60N/c1-27(2)23-19-15-11-7-9-13-17-21-25-29(5,6)26-22-18-14-10-8-12-16-20-24-28(3)4/h27-28H,7-26H2,1-6H3/q+1. The van der Waals surface area contributed by atoms with Crippen molar-refractivity contribution in [2.75, 3.05) is 27.2 Å². The van der Waals surface area contributed by atoms with E-state index in [9.17, 15) is 0 Å². The third-order valence-electron chi connectivity index (χ3n) is 6.59. The highest BCUT2D eigenvalue weighted by Crippen LogP contribution is 2.15. The van der Waals surface area contributed by atoms with Crippen molar-refractivity contribution in [1.29, 1.82) is 0 Å². The van der Waals surface area contributed by atoms with Gasteiger partial charge in [0.15, 0.2) is 0 Å². The molecule has 1 nitrogen and oxygen atoms in total.